The molecule has 1 unspecified atom stereocenters. The zero-order valence-electron chi connectivity index (χ0n) is 17.1. The van der Waals surface area contributed by atoms with Gasteiger partial charge in [-0.3, -0.25) is 9.10 Å². The Labute approximate surface area is 173 Å². The second-order valence-corrected chi connectivity index (χ2v) is 11.4. The summed E-state index contributed by atoms with van der Waals surface area (Å²) < 4.78 is 25.8. The summed E-state index contributed by atoms with van der Waals surface area (Å²) in [6.45, 7) is 1.82. The fraction of sp³-hybridized carbons (Fsp3) is 0.636. The van der Waals surface area contributed by atoms with Crippen molar-refractivity contribution >= 4 is 21.6 Å². The van der Waals surface area contributed by atoms with Crippen molar-refractivity contribution in [2.24, 2.45) is 23.2 Å². The van der Waals surface area contributed by atoms with Crippen molar-refractivity contribution in [3.8, 4) is 6.07 Å². The molecule has 0 radical (unpaired) electrons. The van der Waals surface area contributed by atoms with Crippen LogP contribution in [-0.2, 0) is 14.8 Å². The first-order valence-electron chi connectivity index (χ1n) is 10.5. The lowest BCUT2D eigenvalue weighted by Crippen LogP contribution is -2.57. The summed E-state index contributed by atoms with van der Waals surface area (Å²) in [6.07, 6.45) is 8.66. The van der Waals surface area contributed by atoms with Crippen LogP contribution in [0, 0.1) is 34.5 Å². The van der Waals surface area contributed by atoms with Crippen LogP contribution in [0.2, 0.25) is 0 Å². The fourth-order valence-corrected chi connectivity index (χ4v) is 7.26. The first-order chi connectivity index (χ1) is 13.7. The summed E-state index contributed by atoms with van der Waals surface area (Å²) in [5.74, 6) is 2.09. The highest BCUT2D eigenvalue weighted by molar-refractivity contribution is 7.92. The topological polar surface area (TPSA) is 90.3 Å². The fourth-order valence-electron chi connectivity index (χ4n) is 6.41. The van der Waals surface area contributed by atoms with Gasteiger partial charge in [0.05, 0.1) is 23.6 Å². The van der Waals surface area contributed by atoms with Gasteiger partial charge in [-0.05, 0) is 86.8 Å². The van der Waals surface area contributed by atoms with Crippen LogP contribution in [0.4, 0.5) is 5.69 Å². The van der Waals surface area contributed by atoms with E-state index in [4.69, 9.17) is 5.26 Å². The number of nitriles is 1. The van der Waals surface area contributed by atoms with Gasteiger partial charge in [-0.25, -0.2) is 8.42 Å². The van der Waals surface area contributed by atoms with Gasteiger partial charge in [-0.2, -0.15) is 5.26 Å². The predicted molar refractivity (Wildman–Crippen MR) is 112 cm³/mol. The van der Waals surface area contributed by atoms with Gasteiger partial charge in [0, 0.05) is 6.04 Å². The summed E-state index contributed by atoms with van der Waals surface area (Å²) in [5.41, 5.74) is 0.865. The van der Waals surface area contributed by atoms with E-state index >= 15 is 0 Å². The van der Waals surface area contributed by atoms with Crippen LogP contribution in [-0.4, -0.2) is 33.2 Å². The highest BCUT2D eigenvalue weighted by Crippen LogP contribution is 2.61. The highest BCUT2D eigenvalue weighted by Gasteiger charge is 2.53. The maximum absolute atomic E-state index is 12.8. The molecule has 7 heteroatoms. The van der Waals surface area contributed by atoms with Crippen LogP contribution in [0.1, 0.15) is 51.0 Å². The van der Waals surface area contributed by atoms with Crippen LogP contribution < -0.4 is 9.62 Å². The molecule has 0 aliphatic heterocycles. The van der Waals surface area contributed by atoms with E-state index in [2.05, 4.69) is 12.2 Å². The summed E-state index contributed by atoms with van der Waals surface area (Å²) in [7, 11) is -3.66. The van der Waals surface area contributed by atoms with Gasteiger partial charge in [0.25, 0.3) is 0 Å². The number of hydrogen-bond donors (Lipinski definition) is 1. The molecule has 156 valence electrons. The second kappa shape index (κ2) is 7.32. The van der Waals surface area contributed by atoms with E-state index in [1.54, 1.807) is 18.2 Å². The monoisotopic (exact) mass is 415 g/mol. The highest BCUT2D eigenvalue weighted by atomic mass is 32.2. The van der Waals surface area contributed by atoms with E-state index in [1.165, 1.54) is 44.6 Å². The Balaban J connectivity index is 1.48. The largest absolute Gasteiger partial charge is 0.352 e. The molecule has 1 aromatic carbocycles. The standard InChI is InChI=1S/C22H29N3O3S/c1-15(22-10-17-6-18(11-22)8-19(7-17)12-22)24-21(26)14-25(29(2,27)28)20-5-3-4-16(9-20)13-23/h3-5,9,15,17-19H,6-8,10-12,14H2,1-2H3,(H,24,26). The summed E-state index contributed by atoms with van der Waals surface area (Å²) in [4.78, 5) is 12.8. The zero-order valence-corrected chi connectivity index (χ0v) is 17.9. The summed E-state index contributed by atoms with van der Waals surface area (Å²) in [5, 5.41) is 12.2. The Morgan fingerprint density at radius 3 is 2.34 bits per heavy atom. The molecule has 5 rings (SSSR count). The first-order valence-corrected chi connectivity index (χ1v) is 12.3. The van der Waals surface area contributed by atoms with Gasteiger partial charge in [0.15, 0.2) is 0 Å². The normalized spacial score (nSPS) is 31.1. The van der Waals surface area contributed by atoms with Crippen molar-refractivity contribution in [1.82, 2.24) is 5.32 Å². The molecule has 0 saturated heterocycles. The van der Waals surface area contributed by atoms with Crippen LogP contribution in [0.3, 0.4) is 0 Å². The van der Waals surface area contributed by atoms with Crippen LogP contribution in [0.25, 0.3) is 0 Å². The number of sulfonamides is 1. The summed E-state index contributed by atoms with van der Waals surface area (Å²) in [6, 6.07) is 8.39. The number of hydrogen-bond acceptors (Lipinski definition) is 4. The van der Waals surface area contributed by atoms with E-state index in [1.807, 2.05) is 6.07 Å². The minimum Gasteiger partial charge on any atom is -0.352 e. The average Bonchev–Trinajstić information content (AvgIpc) is 2.64. The molecule has 0 aromatic heterocycles. The maximum Gasteiger partial charge on any atom is 0.241 e. The molecule has 4 saturated carbocycles. The number of carbonyl (C=O) groups is 1. The number of anilines is 1. The number of benzene rings is 1. The smallest absolute Gasteiger partial charge is 0.241 e. The van der Waals surface area contributed by atoms with Crippen molar-refractivity contribution in [3.63, 3.8) is 0 Å². The molecule has 1 N–H and O–H groups in total. The molecule has 29 heavy (non-hydrogen) atoms. The molecule has 0 heterocycles. The van der Waals surface area contributed by atoms with Crippen molar-refractivity contribution in [3.05, 3.63) is 29.8 Å². The Morgan fingerprint density at radius 2 is 1.83 bits per heavy atom. The van der Waals surface area contributed by atoms with E-state index in [0.717, 1.165) is 28.3 Å². The molecular weight excluding hydrogens is 386 g/mol. The third-order valence-corrected chi connectivity index (χ3v) is 8.47. The lowest BCUT2D eigenvalue weighted by molar-refractivity contribution is -0.124. The lowest BCUT2D eigenvalue weighted by Gasteiger charge is -2.59. The van der Waals surface area contributed by atoms with Gasteiger partial charge in [-0.15, -0.1) is 0 Å². The van der Waals surface area contributed by atoms with Gasteiger partial charge >= 0.3 is 0 Å². The Morgan fingerprint density at radius 1 is 1.24 bits per heavy atom. The number of nitrogens with zero attached hydrogens (tertiary/aromatic N) is 2. The molecule has 1 amide bonds. The summed E-state index contributed by atoms with van der Waals surface area (Å²) >= 11 is 0. The number of amides is 1. The second-order valence-electron chi connectivity index (χ2n) is 9.50. The van der Waals surface area contributed by atoms with Crippen LogP contribution in [0.15, 0.2) is 24.3 Å². The Hall–Kier alpha value is -2.07. The SMILES string of the molecule is CC(NC(=O)CN(c1cccc(C#N)c1)S(C)(=O)=O)C12CC3CC(CC(C3)C1)C2. The minimum absolute atomic E-state index is 0.0373. The Kier molecular flexibility index (Phi) is 5.10. The van der Waals surface area contributed by atoms with Crippen LogP contribution in [0.5, 0.6) is 0 Å². The lowest BCUT2D eigenvalue weighted by atomic mass is 9.48. The third-order valence-electron chi connectivity index (χ3n) is 7.33. The zero-order chi connectivity index (χ0) is 20.8. The number of carbonyl (C=O) groups excluding carboxylic acids is 1. The van der Waals surface area contributed by atoms with Crippen LogP contribution >= 0.6 is 0 Å². The number of rotatable bonds is 6. The molecular formula is C22H29N3O3S. The van der Waals surface area contributed by atoms with Gasteiger partial charge in [0.2, 0.25) is 15.9 Å². The van der Waals surface area contributed by atoms with Crippen molar-refractivity contribution < 1.29 is 13.2 Å². The van der Waals surface area contributed by atoms with E-state index in [0.29, 0.717) is 11.3 Å². The molecule has 4 fully saturated rings. The van der Waals surface area contributed by atoms with Crippen molar-refractivity contribution in [2.45, 2.75) is 51.5 Å². The quantitative estimate of drug-likeness (QED) is 0.773. The molecule has 6 nitrogen and oxygen atoms in total. The minimum atomic E-state index is -3.66. The average molecular weight is 416 g/mol. The van der Waals surface area contributed by atoms with Gasteiger partial charge in [0.1, 0.15) is 6.54 Å². The first kappa shape index (κ1) is 20.2. The van der Waals surface area contributed by atoms with Gasteiger partial charge in [-0.1, -0.05) is 6.07 Å². The third kappa shape index (κ3) is 4.00. The predicted octanol–water partition coefficient (Wildman–Crippen LogP) is 3.05. The molecule has 4 aliphatic rings. The van der Waals surface area contributed by atoms with Gasteiger partial charge < -0.3 is 5.32 Å². The van der Waals surface area contributed by atoms with Crippen molar-refractivity contribution in [2.75, 3.05) is 17.1 Å². The van der Waals surface area contributed by atoms with E-state index in [9.17, 15) is 13.2 Å². The molecule has 0 spiro atoms. The van der Waals surface area contributed by atoms with Crippen molar-refractivity contribution in [1.29, 1.82) is 5.26 Å². The maximum atomic E-state index is 12.8. The molecule has 4 aliphatic carbocycles. The molecule has 1 atom stereocenters. The molecule has 4 bridgehead atoms. The number of nitrogens with one attached hydrogen (secondary N) is 1. The molecule has 1 aromatic rings. The van der Waals surface area contributed by atoms with E-state index < -0.39 is 10.0 Å². The van der Waals surface area contributed by atoms with E-state index in [-0.39, 0.29) is 23.9 Å². The Bertz CT molecular complexity index is 915.